The molecule has 2 aromatic rings. The van der Waals surface area contributed by atoms with Gasteiger partial charge in [-0.25, -0.2) is 0 Å². The van der Waals surface area contributed by atoms with Crippen LogP contribution in [0.25, 0.3) is 0 Å². The molecule has 1 aromatic heterocycles. The van der Waals surface area contributed by atoms with Gasteiger partial charge in [0.25, 0.3) is 0 Å². The third-order valence-corrected chi connectivity index (χ3v) is 6.04. The van der Waals surface area contributed by atoms with Crippen LogP contribution in [0.3, 0.4) is 0 Å². The minimum absolute atomic E-state index is 0.0271. The summed E-state index contributed by atoms with van der Waals surface area (Å²) >= 11 is 0. The first kappa shape index (κ1) is 14.9. The average Bonchev–Trinajstić information content (AvgIpc) is 3.02. The first-order chi connectivity index (χ1) is 12.0. The van der Waals surface area contributed by atoms with Crippen LogP contribution >= 0.6 is 0 Å². The number of H-pyrrole nitrogens is 1. The molecule has 0 bridgehead atoms. The van der Waals surface area contributed by atoms with Gasteiger partial charge in [0.05, 0.1) is 18.2 Å². The van der Waals surface area contributed by atoms with Crippen molar-refractivity contribution in [1.29, 1.82) is 0 Å². The minimum atomic E-state index is -0.404. The van der Waals surface area contributed by atoms with Crippen LogP contribution in [0.1, 0.15) is 49.9 Å². The van der Waals surface area contributed by atoms with Crippen LogP contribution in [0, 0.1) is 5.41 Å². The number of nitrogens with zero attached hydrogens (tertiary/aromatic N) is 1. The number of fused-ring (bicyclic) bond motifs is 5. The summed E-state index contributed by atoms with van der Waals surface area (Å²) in [5.74, 6) is 1.20. The highest BCUT2D eigenvalue weighted by Crippen LogP contribution is 2.56. The Labute approximate surface area is 147 Å². The Kier molecular flexibility index (Phi) is 2.89. The van der Waals surface area contributed by atoms with Crippen LogP contribution in [-0.2, 0) is 16.6 Å². The lowest BCUT2D eigenvalue weighted by Gasteiger charge is -2.47. The van der Waals surface area contributed by atoms with Crippen LogP contribution in [-0.4, -0.2) is 22.6 Å². The number of aromatic nitrogens is 2. The molecule has 1 atom stereocenters. The van der Waals surface area contributed by atoms with Crippen molar-refractivity contribution in [3.63, 3.8) is 0 Å². The number of hydrogen-bond acceptors (Lipinski definition) is 3. The molecule has 0 unspecified atom stereocenters. The predicted octanol–water partition coefficient (Wildman–Crippen LogP) is 3.72. The van der Waals surface area contributed by atoms with Crippen LogP contribution in [0.4, 0.5) is 0 Å². The molecule has 2 heterocycles. The van der Waals surface area contributed by atoms with E-state index in [0.717, 1.165) is 47.4 Å². The van der Waals surface area contributed by atoms with Crippen molar-refractivity contribution in [3.05, 3.63) is 58.4 Å². The molecule has 128 valence electrons. The van der Waals surface area contributed by atoms with E-state index in [2.05, 4.69) is 30.1 Å². The number of allylic oxidation sites excluding steroid dienone is 2. The predicted molar refractivity (Wildman–Crippen MR) is 94.7 cm³/mol. The molecular formula is C21H22N2O2. The summed E-state index contributed by atoms with van der Waals surface area (Å²) in [4.78, 5) is 13.3. The molecule has 4 heteroatoms. The number of carbonyl (C=O) groups excluding carboxylic acids is 1. The van der Waals surface area contributed by atoms with Gasteiger partial charge in [-0.3, -0.25) is 9.89 Å². The maximum Gasteiger partial charge on any atom is 0.160 e. The summed E-state index contributed by atoms with van der Waals surface area (Å²) in [7, 11) is 0. The Morgan fingerprint density at radius 1 is 1.16 bits per heavy atom. The zero-order valence-corrected chi connectivity index (χ0v) is 14.7. The van der Waals surface area contributed by atoms with Crippen LogP contribution < -0.4 is 4.74 Å². The van der Waals surface area contributed by atoms with Crippen molar-refractivity contribution < 1.29 is 9.53 Å². The summed E-state index contributed by atoms with van der Waals surface area (Å²) in [6.07, 6.45) is 5.11. The number of ether oxygens (including phenoxy) is 1. The number of aromatic amines is 1. The van der Waals surface area contributed by atoms with E-state index in [9.17, 15) is 4.79 Å². The molecule has 0 saturated carbocycles. The molecule has 1 aliphatic heterocycles. The van der Waals surface area contributed by atoms with E-state index in [0.29, 0.717) is 18.8 Å². The van der Waals surface area contributed by atoms with E-state index in [-0.39, 0.29) is 5.41 Å². The third kappa shape index (κ3) is 1.94. The second-order valence-electron chi connectivity index (χ2n) is 8.36. The summed E-state index contributed by atoms with van der Waals surface area (Å²) in [5, 5.41) is 7.54. The first-order valence-corrected chi connectivity index (χ1v) is 9.02. The summed E-state index contributed by atoms with van der Waals surface area (Å²) in [5.41, 5.74) is 5.36. The van der Waals surface area contributed by atoms with Gasteiger partial charge in [0, 0.05) is 35.2 Å². The van der Waals surface area contributed by atoms with E-state index in [1.807, 2.05) is 24.4 Å². The highest BCUT2D eigenvalue weighted by Gasteiger charge is 2.52. The summed E-state index contributed by atoms with van der Waals surface area (Å²) < 4.78 is 5.93. The first-order valence-electron chi connectivity index (χ1n) is 9.02. The number of nitrogens with one attached hydrogen (secondary N) is 1. The van der Waals surface area contributed by atoms with Gasteiger partial charge >= 0.3 is 0 Å². The number of hydrogen-bond donors (Lipinski definition) is 1. The summed E-state index contributed by atoms with van der Waals surface area (Å²) in [6, 6.07) is 8.18. The number of Topliss-reactive ketones (excluding diaryl/α,β-unsaturated/α-hetero) is 1. The number of para-hydroxylation sites is 1. The SMILES string of the molecule is CC1(C)CC(=O)C2=C(Cc3[nH]ncc3[C@]23CCOc2ccccc23)C1. The topological polar surface area (TPSA) is 55.0 Å². The second-order valence-corrected chi connectivity index (χ2v) is 8.36. The van der Waals surface area contributed by atoms with Crippen molar-refractivity contribution >= 4 is 5.78 Å². The smallest absolute Gasteiger partial charge is 0.160 e. The Balaban J connectivity index is 1.84. The Morgan fingerprint density at radius 3 is 2.88 bits per heavy atom. The lowest BCUT2D eigenvalue weighted by Crippen LogP contribution is -2.45. The highest BCUT2D eigenvalue weighted by atomic mass is 16.5. The molecule has 0 radical (unpaired) electrons. The van der Waals surface area contributed by atoms with E-state index >= 15 is 0 Å². The molecule has 5 rings (SSSR count). The van der Waals surface area contributed by atoms with E-state index in [4.69, 9.17) is 4.74 Å². The van der Waals surface area contributed by atoms with Gasteiger partial charge in [-0.05, 0) is 24.3 Å². The van der Waals surface area contributed by atoms with Gasteiger partial charge in [-0.2, -0.15) is 5.10 Å². The molecule has 1 spiro atoms. The highest BCUT2D eigenvalue weighted by molar-refractivity contribution is 6.02. The molecule has 1 aromatic carbocycles. The third-order valence-electron chi connectivity index (χ3n) is 6.04. The van der Waals surface area contributed by atoms with Crippen LogP contribution in [0.15, 0.2) is 41.6 Å². The molecular weight excluding hydrogens is 312 g/mol. The van der Waals surface area contributed by atoms with E-state index < -0.39 is 5.41 Å². The number of ketones is 1. The lowest BCUT2D eigenvalue weighted by atomic mass is 9.56. The number of rotatable bonds is 0. The van der Waals surface area contributed by atoms with Gasteiger partial charge in [-0.15, -0.1) is 0 Å². The van der Waals surface area contributed by atoms with Gasteiger partial charge < -0.3 is 4.74 Å². The van der Waals surface area contributed by atoms with Gasteiger partial charge in [0.1, 0.15) is 5.75 Å². The largest absolute Gasteiger partial charge is 0.493 e. The molecule has 25 heavy (non-hydrogen) atoms. The van der Waals surface area contributed by atoms with Crippen molar-refractivity contribution in [2.75, 3.05) is 6.61 Å². The molecule has 3 aliphatic rings. The fourth-order valence-corrected chi connectivity index (χ4v) is 5.24. The fraction of sp³-hybridized carbons (Fsp3) is 0.429. The minimum Gasteiger partial charge on any atom is -0.493 e. The zero-order chi connectivity index (χ0) is 17.2. The second kappa shape index (κ2) is 4.84. The monoisotopic (exact) mass is 334 g/mol. The van der Waals surface area contributed by atoms with Gasteiger partial charge in [-0.1, -0.05) is 37.6 Å². The van der Waals surface area contributed by atoms with Gasteiger partial charge in [0.15, 0.2) is 5.78 Å². The van der Waals surface area contributed by atoms with Crippen LogP contribution in [0.2, 0.25) is 0 Å². The van der Waals surface area contributed by atoms with E-state index in [1.54, 1.807) is 0 Å². The lowest BCUT2D eigenvalue weighted by molar-refractivity contribution is -0.118. The molecule has 2 aliphatic carbocycles. The fourth-order valence-electron chi connectivity index (χ4n) is 5.24. The van der Waals surface area contributed by atoms with Crippen LogP contribution in [0.5, 0.6) is 5.75 Å². The van der Waals surface area contributed by atoms with Crippen molar-refractivity contribution in [2.24, 2.45) is 5.41 Å². The van der Waals surface area contributed by atoms with Gasteiger partial charge in [0.2, 0.25) is 0 Å². The summed E-state index contributed by atoms with van der Waals surface area (Å²) in [6.45, 7) is 5.01. The van der Waals surface area contributed by atoms with Crippen molar-refractivity contribution in [2.45, 2.75) is 44.9 Å². The van der Waals surface area contributed by atoms with E-state index in [1.165, 1.54) is 5.57 Å². The zero-order valence-electron chi connectivity index (χ0n) is 14.7. The maximum absolute atomic E-state index is 13.3. The van der Waals surface area contributed by atoms with Crippen molar-refractivity contribution in [1.82, 2.24) is 10.2 Å². The molecule has 0 fully saturated rings. The molecule has 0 amide bonds. The molecule has 1 N–H and O–H groups in total. The Hall–Kier alpha value is -2.36. The number of carbonyl (C=O) groups is 1. The normalized spacial score (nSPS) is 26.7. The molecule has 4 nitrogen and oxygen atoms in total. The number of benzene rings is 1. The van der Waals surface area contributed by atoms with Crippen molar-refractivity contribution in [3.8, 4) is 5.75 Å². The standard InChI is InChI=1S/C21H22N2O2/c1-20(2)10-13-9-16-15(12-22-23-16)21(19(13)17(24)11-20)7-8-25-18-6-4-3-5-14(18)21/h3-6,12H,7-11H2,1-2H3,(H,22,23)/t21-/m1/s1. The Morgan fingerprint density at radius 2 is 2.00 bits per heavy atom. The maximum atomic E-state index is 13.3. The average molecular weight is 334 g/mol. The quantitative estimate of drug-likeness (QED) is 0.799. The Bertz CT molecular complexity index is 921. The molecule has 0 saturated heterocycles.